The number of ether oxygens (including phenoxy) is 3. The zero-order valence-electron chi connectivity index (χ0n) is 15.2. The second-order valence-electron chi connectivity index (χ2n) is 7.54. The van der Waals surface area contributed by atoms with Gasteiger partial charge in [-0.05, 0) is 42.5 Å². The Hall–Kier alpha value is -2.54. The van der Waals surface area contributed by atoms with E-state index in [1.807, 2.05) is 33.8 Å². The minimum atomic E-state index is -0.0209. The van der Waals surface area contributed by atoms with Gasteiger partial charge in [-0.3, -0.25) is 9.48 Å². The Balaban J connectivity index is 1.30. The molecule has 0 radical (unpaired) electrons. The lowest BCUT2D eigenvalue weighted by atomic mass is 10.1. The van der Waals surface area contributed by atoms with Crippen molar-refractivity contribution in [2.24, 2.45) is 5.92 Å². The van der Waals surface area contributed by atoms with Gasteiger partial charge >= 0.3 is 0 Å². The zero-order chi connectivity index (χ0) is 18.2. The molecule has 5 rings (SSSR count). The normalized spacial score (nSPS) is 21.0. The fraction of sp³-hybridized carbons (Fsp3) is 0.500. The number of hydrogen-bond acceptors (Lipinski definition) is 5. The minimum Gasteiger partial charge on any atom is -0.454 e. The van der Waals surface area contributed by atoms with Crippen LogP contribution in [0.25, 0.3) is 0 Å². The Bertz CT molecular complexity index is 846. The lowest BCUT2D eigenvalue weighted by Crippen LogP contribution is -2.38. The minimum absolute atomic E-state index is 0.0209. The van der Waals surface area contributed by atoms with E-state index < -0.39 is 0 Å². The first kappa shape index (κ1) is 16.6. The van der Waals surface area contributed by atoms with Crippen LogP contribution in [0.1, 0.15) is 24.1 Å². The van der Waals surface area contributed by atoms with Crippen LogP contribution in [0.5, 0.6) is 11.5 Å². The van der Waals surface area contributed by atoms with Crippen molar-refractivity contribution in [3.05, 3.63) is 41.7 Å². The topological polar surface area (TPSA) is 65.8 Å². The molecule has 0 bridgehead atoms. The van der Waals surface area contributed by atoms with E-state index in [9.17, 15) is 4.79 Å². The fourth-order valence-electron chi connectivity index (χ4n) is 3.60. The standard InChI is InChI=1S/C20H23N3O4/c24-20(8-15-3-4-18-19(7-15)27-13-26-18)22-9-16-5-6-21-23(16)11-17(10-22)25-12-14-1-2-14/h3-7,14,17H,1-2,8-13H2. The van der Waals surface area contributed by atoms with Crippen LogP contribution in [-0.2, 0) is 29.0 Å². The lowest BCUT2D eigenvalue weighted by molar-refractivity contribution is -0.133. The maximum Gasteiger partial charge on any atom is 0.231 e. The van der Waals surface area contributed by atoms with E-state index in [4.69, 9.17) is 14.2 Å². The van der Waals surface area contributed by atoms with Crippen molar-refractivity contribution in [2.75, 3.05) is 19.9 Å². The van der Waals surface area contributed by atoms with E-state index >= 15 is 0 Å². The number of nitrogens with zero attached hydrogens (tertiary/aromatic N) is 3. The number of benzene rings is 1. The van der Waals surface area contributed by atoms with Gasteiger partial charge in [0.25, 0.3) is 0 Å². The third-order valence-corrected chi connectivity index (χ3v) is 5.37. The molecule has 1 aromatic carbocycles. The Morgan fingerprint density at radius 1 is 1.19 bits per heavy atom. The molecule has 1 aromatic heterocycles. The van der Waals surface area contributed by atoms with Gasteiger partial charge in [-0.25, -0.2) is 0 Å². The fourth-order valence-corrected chi connectivity index (χ4v) is 3.60. The van der Waals surface area contributed by atoms with Crippen molar-refractivity contribution in [3.63, 3.8) is 0 Å². The molecule has 1 amide bonds. The third kappa shape index (κ3) is 3.64. The molecule has 3 heterocycles. The van der Waals surface area contributed by atoms with E-state index in [0.29, 0.717) is 37.7 Å². The largest absolute Gasteiger partial charge is 0.454 e. The highest BCUT2D eigenvalue weighted by Crippen LogP contribution is 2.33. The summed E-state index contributed by atoms with van der Waals surface area (Å²) in [4.78, 5) is 14.9. The molecular weight excluding hydrogens is 346 g/mol. The Morgan fingerprint density at radius 2 is 2.07 bits per heavy atom. The predicted octanol–water partition coefficient (Wildman–Crippen LogP) is 1.99. The molecule has 1 saturated carbocycles. The highest BCUT2D eigenvalue weighted by Gasteiger charge is 2.29. The number of hydrogen-bond donors (Lipinski definition) is 0. The number of carbonyl (C=O) groups excluding carboxylic acids is 1. The first-order valence-corrected chi connectivity index (χ1v) is 9.53. The van der Waals surface area contributed by atoms with Crippen molar-refractivity contribution in [1.29, 1.82) is 0 Å². The molecule has 3 aliphatic rings. The smallest absolute Gasteiger partial charge is 0.231 e. The first-order chi connectivity index (χ1) is 13.2. The highest BCUT2D eigenvalue weighted by atomic mass is 16.7. The van der Waals surface area contributed by atoms with Gasteiger partial charge < -0.3 is 19.1 Å². The van der Waals surface area contributed by atoms with Gasteiger partial charge in [0.1, 0.15) is 0 Å². The first-order valence-electron chi connectivity index (χ1n) is 9.53. The SMILES string of the molecule is O=C(Cc1ccc2c(c1)OCO2)N1Cc2ccnn2CC(OCC2CC2)C1. The number of aromatic nitrogens is 2. The van der Waals surface area contributed by atoms with Crippen LogP contribution in [-0.4, -0.2) is 46.6 Å². The third-order valence-electron chi connectivity index (χ3n) is 5.37. The second kappa shape index (κ2) is 6.88. The summed E-state index contributed by atoms with van der Waals surface area (Å²) in [6.45, 7) is 2.88. The van der Waals surface area contributed by atoms with Crippen molar-refractivity contribution >= 4 is 5.91 Å². The molecule has 7 nitrogen and oxygen atoms in total. The van der Waals surface area contributed by atoms with Crippen LogP contribution in [0.3, 0.4) is 0 Å². The monoisotopic (exact) mass is 369 g/mol. The van der Waals surface area contributed by atoms with Gasteiger partial charge in [0.05, 0.1) is 31.3 Å². The Labute approximate surface area is 157 Å². The quantitative estimate of drug-likeness (QED) is 0.806. The van der Waals surface area contributed by atoms with Crippen LogP contribution in [0, 0.1) is 5.92 Å². The molecule has 0 N–H and O–H groups in total. The summed E-state index contributed by atoms with van der Waals surface area (Å²) < 4.78 is 18.8. The summed E-state index contributed by atoms with van der Waals surface area (Å²) >= 11 is 0. The molecule has 1 atom stereocenters. The van der Waals surface area contributed by atoms with Crippen LogP contribution < -0.4 is 9.47 Å². The summed E-state index contributed by atoms with van der Waals surface area (Å²) in [6.07, 6.45) is 4.62. The zero-order valence-corrected chi connectivity index (χ0v) is 15.2. The maximum absolute atomic E-state index is 13.0. The summed E-state index contributed by atoms with van der Waals surface area (Å²) in [6, 6.07) is 7.66. The number of rotatable bonds is 5. The van der Waals surface area contributed by atoms with Crippen LogP contribution >= 0.6 is 0 Å². The second-order valence-corrected chi connectivity index (χ2v) is 7.54. The van der Waals surface area contributed by atoms with Gasteiger partial charge in [0, 0.05) is 19.3 Å². The highest BCUT2D eigenvalue weighted by molar-refractivity contribution is 5.79. The molecule has 27 heavy (non-hydrogen) atoms. The molecule has 0 saturated heterocycles. The van der Waals surface area contributed by atoms with Crippen LogP contribution in [0.4, 0.5) is 0 Å². The van der Waals surface area contributed by atoms with Gasteiger partial charge in [-0.1, -0.05) is 6.07 Å². The number of fused-ring (bicyclic) bond motifs is 2. The van der Waals surface area contributed by atoms with Gasteiger partial charge in [0.15, 0.2) is 11.5 Å². The Kier molecular flexibility index (Phi) is 4.24. The lowest BCUT2D eigenvalue weighted by Gasteiger charge is -2.24. The summed E-state index contributed by atoms with van der Waals surface area (Å²) in [5.74, 6) is 2.23. The molecule has 0 spiro atoms. The van der Waals surface area contributed by atoms with Crippen LogP contribution in [0.2, 0.25) is 0 Å². The number of carbonyl (C=O) groups is 1. The van der Waals surface area contributed by atoms with Crippen molar-refractivity contribution in [3.8, 4) is 11.5 Å². The van der Waals surface area contributed by atoms with E-state index in [2.05, 4.69) is 5.10 Å². The Morgan fingerprint density at radius 3 is 2.96 bits per heavy atom. The summed E-state index contributed by atoms with van der Waals surface area (Å²) in [5.41, 5.74) is 1.98. The van der Waals surface area contributed by atoms with Crippen molar-refractivity contribution < 1.29 is 19.0 Å². The van der Waals surface area contributed by atoms with Crippen molar-refractivity contribution in [1.82, 2.24) is 14.7 Å². The average molecular weight is 369 g/mol. The predicted molar refractivity (Wildman–Crippen MR) is 96.4 cm³/mol. The summed E-state index contributed by atoms with van der Waals surface area (Å²) in [5, 5.41) is 4.40. The van der Waals surface area contributed by atoms with Gasteiger partial charge in [0.2, 0.25) is 12.7 Å². The van der Waals surface area contributed by atoms with Gasteiger partial charge in [-0.2, -0.15) is 5.10 Å². The van der Waals surface area contributed by atoms with E-state index in [0.717, 1.165) is 23.6 Å². The molecule has 7 heteroatoms. The molecular formula is C20H23N3O4. The van der Waals surface area contributed by atoms with E-state index in [-0.39, 0.29) is 18.8 Å². The molecule has 1 fully saturated rings. The van der Waals surface area contributed by atoms with Gasteiger partial charge in [-0.15, -0.1) is 0 Å². The molecule has 1 aliphatic carbocycles. The van der Waals surface area contributed by atoms with Crippen molar-refractivity contribution in [2.45, 2.75) is 38.5 Å². The number of amides is 1. The van der Waals surface area contributed by atoms with E-state index in [1.165, 1.54) is 12.8 Å². The average Bonchev–Trinajstić information content (AvgIpc) is 3.27. The molecule has 1 unspecified atom stereocenters. The summed E-state index contributed by atoms with van der Waals surface area (Å²) in [7, 11) is 0. The van der Waals surface area contributed by atoms with E-state index in [1.54, 1.807) is 6.20 Å². The maximum atomic E-state index is 13.0. The van der Waals surface area contributed by atoms with Crippen LogP contribution in [0.15, 0.2) is 30.5 Å². The molecule has 142 valence electrons. The molecule has 2 aromatic rings. The molecule has 2 aliphatic heterocycles.